The van der Waals surface area contributed by atoms with Crippen LogP contribution in [-0.2, 0) is 11.3 Å². The Morgan fingerprint density at radius 1 is 1.04 bits per heavy atom. The summed E-state index contributed by atoms with van der Waals surface area (Å²) in [7, 11) is 1.32. The van der Waals surface area contributed by atoms with Gasteiger partial charge in [-0.25, -0.2) is 9.79 Å². The Morgan fingerprint density at radius 2 is 1.62 bits per heavy atom. The minimum atomic E-state index is -0.506. The molecule has 0 saturated carbocycles. The van der Waals surface area contributed by atoms with E-state index in [1.165, 1.54) is 7.11 Å². The highest BCUT2D eigenvalue weighted by molar-refractivity contribution is 5.92. The summed E-state index contributed by atoms with van der Waals surface area (Å²) in [4.78, 5) is 15.4. The molecule has 0 fully saturated rings. The van der Waals surface area contributed by atoms with Crippen molar-refractivity contribution in [2.45, 2.75) is 26.5 Å². The highest BCUT2D eigenvalue weighted by Crippen LogP contribution is 2.17. The van der Waals surface area contributed by atoms with Crippen LogP contribution in [0.1, 0.15) is 19.4 Å². The lowest BCUT2D eigenvalue weighted by Gasteiger charge is -2.11. The Morgan fingerprint density at radius 3 is 2.19 bits per heavy atom. The standard InChI is InChI=1S/C19H24N4O3/c1-13(2)26-17-10-8-15(9-11-17)22-18(20)21-12-14-4-6-16(7-5-14)23-19(24)25-3/h4-11,13H,12H2,1-3H3,(H,23,24)(H3,20,21,22). The van der Waals surface area contributed by atoms with Crippen molar-refractivity contribution in [3.63, 3.8) is 0 Å². The molecule has 2 rings (SSSR count). The van der Waals surface area contributed by atoms with Gasteiger partial charge in [-0.05, 0) is 55.8 Å². The normalized spacial score (nSPS) is 11.2. The highest BCUT2D eigenvalue weighted by Gasteiger charge is 2.01. The van der Waals surface area contributed by atoms with Gasteiger partial charge in [-0.1, -0.05) is 12.1 Å². The summed E-state index contributed by atoms with van der Waals surface area (Å²) in [6.07, 6.45) is -0.372. The summed E-state index contributed by atoms with van der Waals surface area (Å²) < 4.78 is 10.1. The largest absolute Gasteiger partial charge is 0.491 e. The van der Waals surface area contributed by atoms with Gasteiger partial charge in [0.25, 0.3) is 0 Å². The molecule has 2 aromatic rings. The maximum absolute atomic E-state index is 11.1. The molecule has 7 nitrogen and oxygen atoms in total. The number of hydrogen-bond acceptors (Lipinski definition) is 4. The SMILES string of the molecule is COC(=O)Nc1ccc(CN=C(N)Nc2ccc(OC(C)C)cc2)cc1. The number of carbonyl (C=O) groups excluding carboxylic acids is 1. The third kappa shape index (κ3) is 6.35. The molecule has 0 atom stereocenters. The van der Waals surface area contributed by atoms with Crippen LogP contribution in [0.25, 0.3) is 0 Å². The summed E-state index contributed by atoms with van der Waals surface area (Å²) >= 11 is 0. The average Bonchev–Trinajstić information content (AvgIpc) is 2.62. The van der Waals surface area contributed by atoms with Gasteiger partial charge in [-0.2, -0.15) is 0 Å². The number of aliphatic imine (C=N–C) groups is 1. The van der Waals surface area contributed by atoms with E-state index in [0.29, 0.717) is 18.2 Å². The van der Waals surface area contributed by atoms with Crippen LogP contribution in [0.5, 0.6) is 5.75 Å². The second-order valence-corrected chi connectivity index (χ2v) is 5.83. The lowest BCUT2D eigenvalue weighted by molar-refractivity contribution is 0.187. The van der Waals surface area contributed by atoms with Gasteiger partial charge in [0.15, 0.2) is 5.96 Å². The molecule has 0 bridgehead atoms. The number of benzene rings is 2. The number of nitrogens with zero attached hydrogens (tertiary/aromatic N) is 1. The Bertz CT molecular complexity index is 740. The molecule has 0 saturated heterocycles. The minimum Gasteiger partial charge on any atom is -0.491 e. The second-order valence-electron chi connectivity index (χ2n) is 5.83. The smallest absolute Gasteiger partial charge is 0.411 e. The Labute approximate surface area is 153 Å². The van der Waals surface area contributed by atoms with Crippen LogP contribution in [0.4, 0.5) is 16.2 Å². The summed E-state index contributed by atoms with van der Waals surface area (Å²) in [6.45, 7) is 4.38. The van der Waals surface area contributed by atoms with Crippen LogP contribution in [0.15, 0.2) is 53.5 Å². The second kappa shape index (κ2) is 9.31. The number of nitrogens with two attached hydrogens (primary N) is 1. The predicted molar refractivity (Wildman–Crippen MR) is 104 cm³/mol. The first kappa shape index (κ1) is 19.1. The monoisotopic (exact) mass is 356 g/mol. The van der Waals surface area contributed by atoms with Crippen LogP contribution >= 0.6 is 0 Å². The first-order chi connectivity index (χ1) is 12.5. The van der Waals surface area contributed by atoms with Crippen LogP contribution in [-0.4, -0.2) is 25.3 Å². The average molecular weight is 356 g/mol. The maximum Gasteiger partial charge on any atom is 0.411 e. The number of amides is 1. The fourth-order valence-electron chi connectivity index (χ4n) is 2.12. The predicted octanol–water partition coefficient (Wildman–Crippen LogP) is 3.58. The number of nitrogens with one attached hydrogen (secondary N) is 2. The number of guanidine groups is 1. The van der Waals surface area contributed by atoms with Gasteiger partial charge in [0.2, 0.25) is 0 Å². The Kier molecular flexibility index (Phi) is 6.84. The van der Waals surface area contributed by atoms with E-state index in [1.54, 1.807) is 12.1 Å². The molecule has 0 aromatic heterocycles. The zero-order valence-corrected chi connectivity index (χ0v) is 15.2. The highest BCUT2D eigenvalue weighted by atomic mass is 16.5. The summed E-state index contributed by atoms with van der Waals surface area (Å²) in [5.41, 5.74) is 8.37. The van der Waals surface area contributed by atoms with Gasteiger partial charge in [0.05, 0.1) is 19.8 Å². The molecule has 0 radical (unpaired) electrons. The van der Waals surface area contributed by atoms with E-state index in [0.717, 1.165) is 17.0 Å². The molecule has 0 aliphatic rings. The molecule has 2 aromatic carbocycles. The van der Waals surface area contributed by atoms with Crippen molar-refractivity contribution in [2.24, 2.45) is 10.7 Å². The number of carbonyl (C=O) groups is 1. The third-order valence-electron chi connectivity index (χ3n) is 3.32. The van der Waals surface area contributed by atoms with Crippen LogP contribution < -0.4 is 21.1 Å². The zero-order valence-electron chi connectivity index (χ0n) is 15.2. The number of methoxy groups -OCH3 is 1. The topological polar surface area (TPSA) is 98.0 Å². The first-order valence-corrected chi connectivity index (χ1v) is 8.24. The molecular formula is C19H24N4O3. The van der Waals surface area contributed by atoms with E-state index < -0.39 is 6.09 Å². The van der Waals surface area contributed by atoms with Gasteiger partial charge in [-0.15, -0.1) is 0 Å². The van der Waals surface area contributed by atoms with Crippen molar-refractivity contribution in [1.82, 2.24) is 0 Å². The summed E-state index contributed by atoms with van der Waals surface area (Å²) in [5, 5.41) is 5.62. The van der Waals surface area contributed by atoms with Crippen molar-refractivity contribution in [2.75, 3.05) is 17.7 Å². The Hall–Kier alpha value is -3.22. The molecule has 0 heterocycles. The molecule has 0 aliphatic carbocycles. The van der Waals surface area contributed by atoms with E-state index in [2.05, 4.69) is 20.4 Å². The van der Waals surface area contributed by atoms with Crippen molar-refractivity contribution in [1.29, 1.82) is 0 Å². The van der Waals surface area contributed by atoms with Gasteiger partial charge in [-0.3, -0.25) is 5.32 Å². The van der Waals surface area contributed by atoms with E-state index in [-0.39, 0.29) is 6.10 Å². The van der Waals surface area contributed by atoms with Crippen molar-refractivity contribution < 1.29 is 14.3 Å². The van der Waals surface area contributed by atoms with Crippen LogP contribution in [0.3, 0.4) is 0 Å². The molecule has 138 valence electrons. The lowest BCUT2D eigenvalue weighted by atomic mass is 10.2. The molecule has 1 amide bonds. The summed E-state index contributed by atoms with van der Waals surface area (Å²) in [5.74, 6) is 1.13. The molecule has 0 unspecified atom stereocenters. The zero-order chi connectivity index (χ0) is 18.9. The van der Waals surface area contributed by atoms with E-state index in [1.807, 2.05) is 50.2 Å². The van der Waals surface area contributed by atoms with Crippen LogP contribution in [0.2, 0.25) is 0 Å². The molecule has 0 aliphatic heterocycles. The third-order valence-corrected chi connectivity index (χ3v) is 3.32. The van der Waals surface area contributed by atoms with E-state index in [4.69, 9.17) is 10.5 Å². The number of ether oxygens (including phenoxy) is 2. The van der Waals surface area contributed by atoms with Gasteiger partial charge in [0, 0.05) is 11.4 Å². The van der Waals surface area contributed by atoms with E-state index in [9.17, 15) is 4.79 Å². The van der Waals surface area contributed by atoms with E-state index >= 15 is 0 Å². The molecule has 7 heteroatoms. The molecule has 0 spiro atoms. The Balaban J connectivity index is 1.88. The first-order valence-electron chi connectivity index (χ1n) is 8.24. The number of hydrogen-bond donors (Lipinski definition) is 3. The van der Waals surface area contributed by atoms with Crippen LogP contribution in [0, 0.1) is 0 Å². The van der Waals surface area contributed by atoms with Gasteiger partial charge < -0.3 is 20.5 Å². The molecule has 26 heavy (non-hydrogen) atoms. The number of rotatable bonds is 6. The van der Waals surface area contributed by atoms with Gasteiger partial charge in [0.1, 0.15) is 5.75 Å². The summed E-state index contributed by atoms with van der Waals surface area (Å²) in [6, 6.07) is 14.8. The quantitative estimate of drug-likeness (QED) is 0.543. The number of anilines is 2. The maximum atomic E-state index is 11.1. The van der Waals surface area contributed by atoms with Gasteiger partial charge >= 0.3 is 6.09 Å². The minimum absolute atomic E-state index is 0.134. The van der Waals surface area contributed by atoms with Crippen molar-refractivity contribution in [3.8, 4) is 5.75 Å². The molecule has 4 N–H and O–H groups in total. The fraction of sp³-hybridized carbons (Fsp3) is 0.263. The molecular weight excluding hydrogens is 332 g/mol. The lowest BCUT2D eigenvalue weighted by Crippen LogP contribution is -2.22. The fourth-order valence-corrected chi connectivity index (χ4v) is 2.12. The van der Waals surface area contributed by atoms with Crippen molar-refractivity contribution >= 4 is 23.4 Å². The van der Waals surface area contributed by atoms with Crippen molar-refractivity contribution in [3.05, 3.63) is 54.1 Å².